The Kier molecular flexibility index (Phi) is 57.3. The van der Waals surface area contributed by atoms with Crippen LogP contribution in [0.4, 0.5) is 0 Å². The average Bonchev–Trinajstić information content (AvgIpc) is 2.55. The van der Waals surface area contributed by atoms with Crippen molar-refractivity contribution >= 4 is 29.7 Å². The number of hydrogen-bond donors (Lipinski definition) is 1. The monoisotopic (exact) mass is 354 g/mol. The van der Waals surface area contributed by atoms with Gasteiger partial charge in [0.1, 0.15) is 0 Å². The van der Waals surface area contributed by atoms with Crippen LogP contribution < -0.4 is 0 Å². The van der Waals surface area contributed by atoms with Gasteiger partial charge in [0, 0.05) is 0 Å². The van der Waals surface area contributed by atoms with E-state index >= 15 is 0 Å². The second-order valence-corrected chi connectivity index (χ2v) is 8.13. The average molecular weight is 355 g/mol. The van der Waals surface area contributed by atoms with Crippen molar-refractivity contribution < 1.29 is 9.05 Å². The van der Waals surface area contributed by atoms with E-state index in [2.05, 4.69) is 78.7 Å². The van der Waals surface area contributed by atoms with E-state index in [0.717, 1.165) is 25.7 Å². The van der Waals surface area contributed by atoms with Gasteiger partial charge in [-0.3, -0.25) is 0 Å². The van der Waals surface area contributed by atoms with Crippen LogP contribution in [0.15, 0.2) is 52.6 Å². The first-order valence-electron chi connectivity index (χ1n) is 6.74. The smallest absolute Gasteiger partial charge is 0.244 e. The zero-order valence-electron chi connectivity index (χ0n) is 14.0. The summed E-state index contributed by atoms with van der Waals surface area (Å²) in [5.74, 6) is 0. The summed E-state index contributed by atoms with van der Waals surface area (Å²) in [6.45, 7) is 29.6. The molecular weight excluding hydrogens is 319 g/mol. The molecule has 0 aliphatic rings. The lowest BCUT2D eigenvalue weighted by atomic mass is 10.4. The molecule has 0 amide bonds. The van der Waals surface area contributed by atoms with Crippen molar-refractivity contribution in [2.24, 2.45) is 0 Å². The standard InChI is InChI=1S/C8H19O2PS2.4C2H4/c1-3-5-7-9-11(12,13)10-8-6-4-2;4*1-2/h3-8H2,1-2H3,(H,12,13);4*1-2H2. The molecular formula is C16H35O2PS2. The normalized spacial score (nSPS) is 8.14. The molecule has 0 spiro atoms. The fourth-order valence-corrected chi connectivity index (χ4v) is 2.42. The minimum atomic E-state index is -2.22. The number of thiol groups is 1. The van der Waals surface area contributed by atoms with E-state index < -0.39 is 5.69 Å². The molecule has 0 saturated heterocycles. The predicted molar refractivity (Wildman–Crippen MR) is 110 cm³/mol. The molecule has 0 bridgehead atoms. The van der Waals surface area contributed by atoms with Crippen molar-refractivity contribution in [2.45, 2.75) is 39.5 Å². The number of unbranched alkanes of at least 4 members (excludes halogenated alkanes) is 2. The fraction of sp³-hybridized carbons (Fsp3) is 0.500. The molecule has 0 aromatic rings. The Balaban J connectivity index is -0.0000000912. The molecule has 0 heterocycles. The summed E-state index contributed by atoms with van der Waals surface area (Å²) in [7, 11) is 0. The maximum absolute atomic E-state index is 5.38. The van der Waals surface area contributed by atoms with Crippen LogP contribution in [-0.4, -0.2) is 13.2 Å². The predicted octanol–water partition coefficient (Wildman–Crippen LogP) is 6.98. The first-order chi connectivity index (χ1) is 10.1. The summed E-state index contributed by atoms with van der Waals surface area (Å²) in [5.41, 5.74) is -2.22. The third-order valence-corrected chi connectivity index (χ3v) is 3.85. The fourth-order valence-electron chi connectivity index (χ4n) is 0.686. The van der Waals surface area contributed by atoms with Crippen LogP contribution in [0.1, 0.15) is 39.5 Å². The second kappa shape index (κ2) is 36.8. The van der Waals surface area contributed by atoms with Crippen molar-refractivity contribution in [1.29, 1.82) is 0 Å². The molecule has 0 aliphatic heterocycles. The summed E-state index contributed by atoms with van der Waals surface area (Å²) in [6, 6.07) is 0. The lowest BCUT2D eigenvalue weighted by molar-refractivity contribution is 0.253. The highest BCUT2D eigenvalue weighted by molar-refractivity contribution is 8.60. The topological polar surface area (TPSA) is 18.5 Å². The highest BCUT2D eigenvalue weighted by Crippen LogP contribution is 2.53. The zero-order chi connectivity index (χ0) is 18.2. The minimum Gasteiger partial charge on any atom is -0.322 e. The van der Waals surface area contributed by atoms with E-state index in [0.29, 0.717) is 13.2 Å². The van der Waals surface area contributed by atoms with Gasteiger partial charge in [0.05, 0.1) is 13.2 Å². The summed E-state index contributed by atoms with van der Waals surface area (Å²) in [5, 5.41) is 0. The lowest BCUT2D eigenvalue weighted by Crippen LogP contribution is -1.94. The molecule has 128 valence electrons. The SMILES string of the molecule is C=C.C=C.C=C.C=C.CCCCOP(=S)(S)OCCCC. The van der Waals surface area contributed by atoms with E-state index in [4.69, 9.17) is 20.9 Å². The zero-order valence-corrected chi connectivity index (χ0v) is 16.6. The van der Waals surface area contributed by atoms with Gasteiger partial charge < -0.3 is 9.05 Å². The van der Waals surface area contributed by atoms with Crippen LogP contribution in [0.2, 0.25) is 0 Å². The van der Waals surface area contributed by atoms with Gasteiger partial charge in [-0.25, -0.2) is 0 Å². The molecule has 0 aromatic carbocycles. The molecule has 21 heavy (non-hydrogen) atoms. The van der Waals surface area contributed by atoms with Crippen LogP contribution >= 0.6 is 17.9 Å². The Morgan fingerprint density at radius 3 is 1.19 bits per heavy atom. The lowest BCUT2D eigenvalue weighted by Gasteiger charge is -2.15. The van der Waals surface area contributed by atoms with Crippen molar-refractivity contribution in [3.63, 3.8) is 0 Å². The first-order valence-corrected chi connectivity index (χ1v) is 10.5. The molecule has 0 aliphatic carbocycles. The largest absolute Gasteiger partial charge is 0.322 e. The van der Waals surface area contributed by atoms with Gasteiger partial charge in [-0.15, -0.1) is 52.6 Å². The molecule has 0 aromatic heterocycles. The summed E-state index contributed by atoms with van der Waals surface area (Å²) in [4.78, 5) is 0. The summed E-state index contributed by atoms with van der Waals surface area (Å²) >= 11 is 9.31. The maximum atomic E-state index is 5.38. The van der Waals surface area contributed by atoms with E-state index in [1.54, 1.807) is 0 Å². The van der Waals surface area contributed by atoms with Crippen LogP contribution in [0.3, 0.4) is 0 Å². The van der Waals surface area contributed by atoms with E-state index in [9.17, 15) is 0 Å². The van der Waals surface area contributed by atoms with E-state index in [1.807, 2.05) is 0 Å². The highest BCUT2D eigenvalue weighted by atomic mass is 32.9. The molecule has 0 saturated carbocycles. The summed E-state index contributed by atoms with van der Waals surface area (Å²) in [6.07, 6.45) is 4.27. The van der Waals surface area contributed by atoms with Gasteiger partial charge in [0.25, 0.3) is 0 Å². The van der Waals surface area contributed by atoms with Gasteiger partial charge in [0.2, 0.25) is 5.69 Å². The van der Waals surface area contributed by atoms with Gasteiger partial charge in [-0.2, -0.15) is 0 Å². The Bertz CT molecular complexity index is 192. The number of hydrogen-bond acceptors (Lipinski definition) is 3. The Morgan fingerprint density at radius 1 is 0.762 bits per heavy atom. The molecule has 0 unspecified atom stereocenters. The first kappa shape index (κ1) is 32.7. The minimum absolute atomic E-state index is 0.670. The molecule has 5 heteroatoms. The third-order valence-electron chi connectivity index (χ3n) is 1.50. The maximum Gasteiger partial charge on any atom is 0.244 e. The third kappa shape index (κ3) is 45.0. The summed E-state index contributed by atoms with van der Waals surface area (Å²) < 4.78 is 10.8. The van der Waals surface area contributed by atoms with Crippen LogP contribution in [0.5, 0.6) is 0 Å². The Labute approximate surface area is 144 Å². The Morgan fingerprint density at radius 2 is 1.00 bits per heavy atom. The molecule has 0 rings (SSSR count). The highest BCUT2D eigenvalue weighted by Gasteiger charge is 2.11. The van der Waals surface area contributed by atoms with Crippen molar-refractivity contribution in [2.75, 3.05) is 13.2 Å². The number of rotatable bonds is 8. The molecule has 0 fully saturated rings. The molecule has 0 atom stereocenters. The van der Waals surface area contributed by atoms with E-state index in [-0.39, 0.29) is 0 Å². The van der Waals surface area contributed by atoms with Gasteiger partial charge in [-0.1, -0.05) is 38.9 Å². The van der Waals surface area contributed by atoms with Crippen LogP contribution in [0.25, 0.3) is 0 Å². The molecule has 0 radical (unpaired) electrons. The van der Waals surface area contributed by atoms with Crippen LogP contribution in [-0.2, 0) is 20.9 Å². The quantitative estimate of drug-likeness (QED) is 0.219. The second-order valence-electron chi connectivity index (χ2n) is 2.84. The van der Waals surface area contributed by atoms with Gasteiger partial charge >= 0.3 is 0 Å². The van der Waals surface area contributed by atoms with Gasteiger partial charge in [0.15, 0.2) is 0 Å². The molecule has 0 N–H and O–H groups in total. The van der Waals surface area contributed by atoms with Crippen molar-refractivity contribution in [3.05, 3.63) is 52.6 Å². The van der Waals surface area contributed by atoms with Gasteiger partial charge in [-0.05, 0) is 24.6 Å². The molecule has 2 nitrogen and oxygen atoms in total. The Hall–Kier alpha value is -0.120. The van der Waals surface area contributed by atoms with Crippen molar-refractivity contribution in [1.82, 2.24) is 0 Å². The van der Waals surface area contributed by atoms with Crippen LogP contribution in [0, 0.1) is 0 Å². The van der Waals surface area contributed by atoms with Crippen molar-refractivity contribution in [3.8, 4) is 0 Å². The van der Waals surface area contributed by atoms with E-state index in [1.165, 1.54) is 0 Å².